The average molecular weight is 556 g/mol. The molecule has 214 valence electrons. The molecule has 2 amide bonds. The van der Waals surface area contributed by atoms with E-state index in [4.69, 9.17) is 9.72 Å². The second kappa shape index (κ2) is 11.3. The molecule has 1 atom stereocenters. The molecule has 1 aliphatic heterocycles. The predicted octanol–water partition coefficient (Wildman–Crippen LogP) is 5.26. The van der Waals surface area contributed by atoms with Gasteiger partial charge in [-0.1, -0.05) is 13.8 Å². The van der Waals surface area contributed by atoms with Gasteiger partial charge in [-0.15, -0.1) is 0 Å². The Bertz CT molecular complexity index is 1560. The van der Waals surface area contributed by atoms with Crippen molar-refractivity contribution >= 4 is 23.2 Å². The summed E-state index contributed by atoms with van der Waals surface area (Å²) in [5.74, 6) is 0.998. The first kappa shape index (κ1) is 28.2. The Morgan fingerprint density at radius 1 is 1.15 bits per heavy atom. The molecular formula is C31H37N7O3. The summed E-state index contributed by atoms with van der Waals surface area (Å²) < 4.78 is 7.35. The summed E-state index contributed by atoms with van der Waals surface area (Å²) in [4.78, 5) is 42.6. The van der Waals surface area contributed by atoms with E-state index in [9.17, 15) is 9.59 Å². The van der Waals surface area contributed by atoms with Gasteiger partial charge < -0.3 is 14.5 Å². The Hall–Kier alpha value is -4.34. The minimum atomic E-state index is -0.581. The largest absolute Gasteiger partial charge is 0.444 e. The smallest absolute Gasteiger partial charge is 0.410 e. The Labute approximate surface area is 240 Å². The van der Waals surface area contributed by atoms with E-state index in [1.165, 1.54) is 10.5 Å². The standard InChI is InChI=1S/C31H37N7O3/c1-20(2)25-19-34-38-14-10-21(15-27(25)38)26-9-12-32-28(35-26)16-22-7-8-24(18-33-22)37-13-11-23(17-29(37)39)36(6)30(40)41-31(3,4)5/h7-10,12,14-15,18-20,23H,11,13,16-17H2,1-6H3. The topological polar surface area (TPSA) is 106 Å². The zero-order chi connectivity index (χ0) is 29.3. The zero-order valence-corrected chi connectivity index (χ0v) is 24.5. The lowest BCUT2D eigenvalue weighted by Crippen LogP contribution is -2.49. The van der Waals surface area contributed by atoms with Crippen LogP contribution in [0.2, 0.25) is 0 Å². The van der Waals surface area contributed by atoms with Crippen LogP contribution in [0.4, 0.5) is 10.5 Å². The van der Waals surface area contributed by atoms with Crippen molar-refractivity contribution in [2.75, 3.05) is 18.5 Å². The third-order valence-corrected chi connectivity index (χ3v) is 7.26. The number of pyridine rings is 2. The zero-order valence-electron chi connectivity index (χ0n) is 24.5. The monoisotopic (exact) mass is 555 g/mol. The first-order valence-electron chi connectivity index (χ1n) is 14.0. The Morgan fingerprint density at radius 2 is 1.95 bits per heavy atom. The molecule has 4 aromatic heterocycles. The molecule has 0 N–H and O–H groups in total. The number of rotatable bonds is 6. The Morgan fingerprint density at radius 3 is 2.63 bits per heavy atom. The molecule has 1 fully saturated rings. The Balaban J connectivity index is 1.24. The van der Waals surface area contributed by atoms with E-state index in [1.54, 1.807) is 24.3 Å². The number of nitrogens with zero attached hydrogens (tertiary/aromatic N) is 7. The molecule has 5 heterocycles. The molecule has 4 aromatic rings. The van der Waals surface area contributed by atoms with E-state index >= 15 is 0 Å². The van der Waals surface area contributed by atoms with Gasteiger partial charge in [0.15, 0.2) is 0 Å². The molecule has 0 bridgehead atoms. The molecule has 10 nitrogen and oxygen atoms in total. The number of piperidine rings is 1. The minimum Gasteiger partial charge on any atom is -0.444 e. The maximum Gasteiger partial charge on any atom is 0.410 e. The molecule has 0 saturated carbocycles. The molecular weight excluding hydrogens is 518 g/mol. The van der Waals surface area contributed by atoms with E-state index in [0.29, 0.717) is 31.1 Å². The van der Waals surface area contributed by atoms with Crippen LogP contribution in [0.3, 0.4) is 0 Å². The molecule has 1 saturated heterocycles. The summed E-state index contributed by atoms with van der Waals surface area (Å²) >= 11 is 0. The molecule has 1 aliphatic rings. The van der Waals surface area contributed by atoms with Gasteiger partial charge in [-0.2, -0.15) is 5.10 Å². The number of hydrogen-bond donors (Lipinski definition) is 0. The van der Waals surface area contributed by atoms with Crippen LogP contribution in [-0.4, -0.2) is 66.7 Å². The minimum absolute atomic E-state index is 0.0435. The summed E-state index contributed by atoms with van der Waals surface area (Å²) in [5.41, 5.74) is 5.09. The van der Waals surface area contributed by atoms with Crippen molar-refractivity contribution in [3.05, 3.63) is 72.2 Å². The van der Waals surface area contributed by atoms with E-state index < -0.39 is 11.7 Å². The fourth-order valence-corrected chi connectivity index (χ4v) is 4.99. The van der Waals surface area contributed by atoms with Crippen LogP contribution in [0, 0.1) is 0 Å². The van der Waals surface area contributed by atoms with Crippen LogP contribution in [0.15, 0.2) is 55.1 Å². The number of hydrogen-bond acceptors (Lipinski definition) is 7. The maximum atomic E-state index is 13.0. The van der Waals surface area contributed by atoms with Gasteiger partial charge in [-0.3, -0.25) is 9.78 Å². The lowest BCUT2D eigenvalue weighted by Gasteiger charge is -2.36. The van der Waals surface area contributed by atoms with Gasteiger partial charge in [0.2, 0.25) is 5.91 Å². The lowest BCUT2D eigenvalue weighted by molar-refractivity contribution is -0.120. The predicted molar refractivity (Wildman–Crippen MR) is 157 cm³/mol. The number of aromatic nitrogens is 5. The first-order valence-corrected chi connectivity index (χ1v) is 14.0. The van der Waals surface area contributed by atoms with Gasteiger partial charge in [0.05, 0.1) is 35.7 Å². The Kier molecular flexibility index (Phi) is 7.75. The van der Waals surface area contributed by atoms with Gasteiger partial charge in [-0.05, 0) is 63.4 Å². The summed E-state index contributed by atoms with van der Waals surface area (Å²) in [6, 6.07) is 9.65. The SMILES string of the molecule is CC(C)c1cnn2ccc(-c3ccnc(Cc4ccc(N5CCC(N(C)C(=O)OC(C)(C)C)CC5=O)cn4)n3)cc12. The highest BCUT2D eigenvalue weighted by atomic mass is 16.6. The molecule has 0 aromatic carbocycles. The lowest BCUT2D eigenvalue weighted by atomic mass is 10.0. The molecule has 41 heavy (non-hydrogen) atoms. The second-order valence-electron chi connectivity index (χ2n) is 11.8. The second-order valence-corrected chi connectivity index (χ2v) is 11.8. The quantitative estimate of drug-likeness (QED) is 0.319. The van der Waals surface area contributed by atoms with Gasteiger partial charge in [0, 0.05) is 55.3 Å². The van der Waals surface area contributed by atoms with Crippen LogP contribution >= 0.6 is 0 Å². The van der Waals surface area contributed by atoms with Gasteiger partial charge in [0.1, 0.15) is 11.4 Å². The summed E-state index contributed by atoms with van der Waals surface area (Å²) in [5, 5.41) is 4.45. The van der Waals surface area contributed by atoms with Crippen LogP contribution in [0.5, 0.6) is 0 Å². The van der Waals surface area contributed by atoms with Gasteiger partial charge >= 0.3 is 6.09 Å². The van der Waals surface area contributed by atoms with Crippen molar-refractivity contribution in [1.82, 2.24) is 29.5 Å². The van der Waals surface area contributed by atoms with Crippen molar-refractivity contribution in [2.24, 2.45) is 0 Å². The van der Waals surface area contributed by atoms with Crippen molar-refractivity contribution < 1.29 is 14.3 Å². The third-order valence-electron chi connectivity index (χ3n) is 7.26. The molecule has 0 radical (unpaired) electrons. The number of carbonyl (C=O) groups is 2. The van der Waals surface area contributed by atoms with E-state index in [0.717, 1.165) is 28.2 Å². The number of fused-ring (bicyclic) bond motifs is 1. The van der Waals surface area contributed by atoms with Crippen LogP contribution in [-0.2, 0) is 16.0 Å². The summed E-state index contributed by atoms with van der Waals surface area (Å²) in [7, 11) is 1.69. The number of carbonyl (C=O) groups excluding carboxylic acids is 2. The van der Waals surface area contributed by atoms with Crippen LogP contribution in [0.1, 0.15) is 70.5 Å². The molecule has 5 rings (SSSR count). The first-order chi connectivity index (χ1) is 19.5. The number of anilines is 1. The summed E-state index contributed by atoms with van der Waals surface area (Å²) in [6.45, 7) is 10.3. The van der Waals surface area contributed by atoms with Crippen molar-refractivity contribution in [2.45, 2.75) is 71.4 Å². The van der Waals surface area contributed by atoms with E-state index in [2.05, 4.69) is 35.0 Å². The van der Waals surface area contributed by atoms with Crippen molar-refractivity contribution in [3.8, 4) is 11.3 Å². The molecule has 10 heteroatoms. The molecule has 0 aliphatic carbocycles. The highest BCUT2D eigenvalue weighted by Gasteiger charge is 2.33. The number of ether oxygens (including phenoxy) is 1. The van der Waals surface area contributed by atoms with Crippen LogP contribution in [0.25, 0.3) is 16.8 Å². The highest BCUT2D eigenvalue weighted by molar-refractivity contribution is 5.94. The molecule has 1 unspecified atom stereocenters. The third kappa shape index (κ3) is 6.37. The van der Waals surface area contributed by atoms with E-state index in [-0.39, 0.29) is 18.4 Å². The van der Waals surface area contributed by atoms with Gasteiger partial charge in [-0.25, -0.2) is 19.3 Å². The van der Waals surface area contributed by atoms with Crippen LogP contribution < -0.4 is 4.90 Å². The maximum absolute atomic E-state index is 13.0. The summed E-state index contributed by atoms with van der Waals surface area (Å²) in [6.07, 6.45) is 8.32. The highest BCUT2D eigenvalue weighted by Crippen LogP contribution is 2.26. The fraction of sp³-hybridized carbons (Fsp3) is 0.419. The average Bonchev–Trinajstić information content (AvgIpc) is 3.36. The fourth-order valence-electron chi connectivity index (χ4n) is 4.99. The van der Waals surface area contributed by atoms with E-state index in [1.807, 2.05) is 61.9 Å². The normalized spacial score (nSPS) is 15.9. The van der Waals surface area contributed by atoms with Crippen molar-refractivity contribution in [1.29, 1.82) is 0 Å². The molecule has 0 spiro atoms. The number of amides is 2. The van der Waals surface area contributed by atoms with Crippen molar-refractivity contribution in [3.63, 3.8) is 0 Å². The van der Waals surface area contributed by atoms with Gasteiger partial charge in [0.25, 0.3) is 0 Å².